The van der Waals surface area contributed by atoms with E-state index in [4.69, 9.17) is 9.47 Å². The van der Waals surface area contributed by atoms with E-state index in [9.17, 15) is 19.2 Å². The van der Waals surface area contributed by atoms with Crippen LogP contribution in [0.3, 0.4) is 0 Å². The molecular formula is C17H17NO6. The number of amides is 1. The summed E-state index contributed by atoms with van der Waals surface area (Å²) in [5, 5.41) is 0. The maximum atomic E-state index is 12.1. The molecule has 1 aromatic rings. The molecule has 2 fully saturated rings. The molecule has 0 N–H and O–H groups in total. The maximum absolute atomic E-state index is 12.1. The standard InChI is InChI=1S/C17H17NO6/c1-2-23-16(21)14-11-8-18(9-12(19)13(11)14)17(22)24-15(20)10-6-4-3-5-7-10/h3-7,11,13-14H,2,8-9H2,1H3. The number of carbonyl (C=O) groups is 4. The fourth-order valence-electron chi connectivity index (χ4n) is 3.13. The molecule has 126 valence electrons. The predicted octanol–water partition coefficient (Wildman–Crippen LogP) is 1.27. The minimum atomic E-state index is -0.870. The van der Waals surface area contributed by atoms with E-state index in [1.54, 1.807) is 25.1 Å². The summed E-state index contributed by atoms with van der Waals surface area (Å²) in [6.45, 7) is 2.00. The molecule has 3 atom stereocenters. The molecule has 7 nitrogen and oxygen atoms in total. The second-order valence-electron chi connectivity index (χ2n) is 5.84. The van der Waals surface area contributed by atoms with Gasteiger partial charge >= 0.3 is 18.0 Å². The first-order valence-corrected chi connectivity index (χ1v) is 7.78. The lowest BCUT2D eigenvalue weighted by Crippen LogP contribution is -2.42. The number of hydrogen-bond donors (Lipinski definition) is 0. The van der Waals surface area contributed by atoms with Crippen molar-refractivity contribution in [3.63, 3.8) is 0 Å². The summed E-state index contributed by atoms with van der Waals surface area (Å²) in [7, 11) is 0. The Kier molecular flexibility index (Phi) is 4.33. The fourth-order valence-corrected chi connectivity index (χ4v) is 3.13. The van der Waals surface area contributed by atoms with Crippen molar-refractivity contribution < 1.29 is 28.7 Å². The molecule has 1 aliphatic carbocycles. The molecule has 1 heterocycles. The molecule has 1 amide bonds. The van der Waals surface area contributed by atoms with Crippen LogP contribution in [-0.4, -0.2) is 48.4 Å². The van der Waals surface area contributed by atoms with Crippen LogP contribution in [0.2, 0.25) is 0 Å². The van der Waals surface area contributed by atoms with E-state index in [0.29, 0.717) is 0 Å². The SMILES string of the molecule is CCOC(=O)C1C2CN(C(=O)OC(=O)c3ccccc3)CC(=O)C21. The zero-order valence-corrected chi connectivity index (χ0v) is 13.1. The van der Waals surface area contributed by atoms with Gasteiger partial charge in [-0.1, -0.05) is 18.2 Å². The third-order valence-corrected chi connectivity index (χ3v) is 4.32. The molecule has 1 aromatic carbocycles. The van der Waals surface area contributed by atoms with Gasteiger partial charge in [-0.05, 0) is 19.1 Å². The number of Topliss-reactive ketones (excluding diaryl/α,β-unsaturated/α-hetero) is 1. The normalized spacial score (nSPS) is 24.8. The highest BCUT2D eigenvalue weighted by Gasteiger charge is 2.62. The molecule has 3 unspecified atom stereocenters. The highest BCUT2D eigenvalue weighted by molar-refractivity contribution is 5.99. The number of esters is 2. The van der Waals surface area contributed by atoms with Gasteiger partial charge in [-0.15, -0.1) is 0 Å². The third kappa shape index (κ3) is 3.02. The van der Waals surface area contributed by atoms with Crippen molar-refractivity contribution in [3.8, 4) is 0 Å². The quantitative estimate of drug-likeness (QED) is 0.612. The predicted molar refractivity (Wildman–Crippen MR) is 80.9 cm³/mol. The summed E-state index contributed by atoms with van der Waals surface area (Å²) >= 11 is 0. The number of hydrogen-bond acceptors (Lipinski definition) is 6. The Morgan fingerprint density at radius 1 is 1.21 bits per heavy atom. The van der Waals surface area contributed by atoms with Crippen LogP contribution in [0.1, 0.15) is 17.3 Å². The molecule has 24 heavy (non-hydrogen) atoms. The second kappa shape index (κ2) is 6.43. The van der Waals surface area contributed by atoms with Gasteiger partial charge in [0.1, 0.15) is 0 Å². The summed E-state index contributed by atoms with van der Waals surface area (Å²) < 4.78 is 9.76. The molecule has 1 saturated heterocycles. The largest absolute Gasteiger partial charge is 0.466 e. The average Bonchev–Trinajstić information content (AvgIpc) is 3.31. The first-order chi connectivity index (χ1) is 11.5. The molecule has 0 aromatic heterocycles. The Morgan fingerprint density at radius 3 is 2.58 bits per heavy atom. The number of carbonyl (C=O) groups excluding carboxylic acids is 4. The van der Waals surface area contributed by atoms with E-state index in [-0.39, 0.29) is 42.9 Å². The molecule has 3 rings (SSSR count). The van der Waals surface area contributed by atoms with Crippen LogP contribution < -0.4 is 0 Å². The Bertz CT molecular complexity index is 686. The van der Waals surface area contributed by atoms with Crippen LogP contribution in [0.4, 0.5) is 4.79 Å². The van der Waals surface area contributed by atoms with Crippen molar-refractivity contribution in [3.05, 3.63) is 35.9 Å². The third-order valence-electron chi connectivity index (χ3n) is 4.32. The lowest BCUT2D eigenvalue weighted by molar-refractivity contribution is -0.146. The number of fused-ring (bicyclic) bond motifs is 1. The van der Waals surface area contributed by atoms with Gasteiger partial charge < -0.3 is 14.4 Å². The van der Waals surface area contributed by atoms with Gasteiger partial charge in [-0.3, -0.25) is 9.59 Å². The molecular weight excluding hydrogens is 314 g/mol. The van der Waals surface area contributed by atoms with Crippen molar-refractivity contribution in [1.29, 1.82) is 0 Å². The molecule has 7 heteroatoms. The van der Waals surface area contributed by atoms with Gasteiger partial charge in [0, 0.05) is 18.4 Å². The number of ether oxygens (including phenoxy) is 2. The topological polar surface area (TPSA) is 90.0 Å². The van der Waals surface area contributed by atoms with Crippen LogP contribution in [0.5, 0.6) is 0 Å². The first kappa shape index (κ1) is 16.2. The van der Waals surface area contributed by atoms with Crippen molar-refractivity contribution in [1.82, 2.24) is 4.90 Å². The first-order valence-electron chi connectivity index (χ1n) is 7.78. The van der Waals surface area contributed by atoms with Crippen LogP contribution in [-0.2, 0) is 19.1 Å². The van der Waals surface area contributed by atoms with E-state index in [0.717, 1.165) is 0 Å². The molecule has 0 bridgehead atoms. The van der Waals surface area contributed by atoms with E-state index in [1.165, 1.54) is 17.0 Å². The summed E-state index contributed by atoms with van der Waals surface area (Å²) in [4.78, 5) is 49.1. The molecule has 1 aliphatic heterocycles. The monoisotopic (exact) mass is 331 g/mol. The number of rotatable bonds is 3. The fraction of sp³-hybridized carbons (Fsp3) is 0.412. The van der Waals surface area contributed by atoms with Crippen LogP contribution in [0.15, 0.2) is 30.3 Å². The van der Waals surface area contributed by atoms with Gasteiger partial charge in [0.2, 0.25) is 0 Å². The van der Waals surface area contributed by atoms with Crippen LogP contribution in [0.25, 0.3) is 0 Å². The Labute approximate surface area is 138 Å². The van der Waals surface area contributed by atoms with Gasteiger partial charge in [0.25, 0.3) is 0 Å². The van der Waals surface area contributed by atoms with Gasteiger partial charge in [0.05, 0.1) is 24.6 Å². The smallest absolute Gasteiger partial charge is 0.418 e. The summed E-state index contributed by atoms with van der Waals surface area (Å²) in [6, 6.07) is 8.12. The van der Waals surface area contributed by atoms with Crippen LogP contribution >= 0.6 is 0 Å². The Morgan fingerprint density at radius 2 is 1.92 bits per heavy atom. The lowest BCUT2D eigenvalue weighted by atomic mass is 10.1. The minimum absolute atomic E-state index is 0.155. The molecule has 1 saturated carbocycles. The van der Waals surface area contributed by atoms with Gasteiger partial charge in [-0.2, -0.15) is 0 Å². The van der Waals surface area contributed by atoms with E-state index in [2.05, 4.69) is 0 Å². The van der Waals surface area contributed by atoms with E-state index >= 15 is 0 Å². The summed E-state index contributed by atoms with van der Waals surface area (Å²) in [5.74, 6) is -2.49. The summed E-state index contributed by atoms with van der Waals surface area (Å²) in [5.41, 5.74) is 0.253. The number of piperidine rings is 1. The Balaban J connectivity index is 1.60. The second-order valence-corrected chi connectivity index (χ2v) is 5.84. The van der Waals surface area contributed by atoms with Crippen LogP contribution in [0, 0.1) is 17.8 Å². The van der Waals surface area contributed by atoms with Gasteiger partial charge in [0.15, 0.2) is 5.78 Å². The summed E-state index contributed by atoms with van der Waals surface area (Å²) in [6.07, 6.45) is -0.870. The van der Waals surface area contributed by atoms with Gasteiger partial charge in [-0.25, -0.2) is 9.59 Å². The molecule has 2 aliphatic rings. The average molecular weight is 331 g/mol. The highest BCUT2D eigenvalue weighted by Crippen LogP contribution is 2.50. The zero-order valence-electron chi connectivity index (χ0n) is 13.1. The van der Waals surface area contributed by atoms with Crippen molar-refractivity contribution >= 4 is 23.8 Å². The maximum Gasteiger partial charge on any atom is 0.418 e. The lowest BCUT2D eigenvalue weighted by Gasteiger charge is -2.23. The number of likely N-dealkylation sites (tertiary alicyclic amines) is 1. The van der Waals surface area contributed by atoms with E-state index in [1.807, 2.05) is 0 Å². The number of benzene rings is 1. The highest BCUT2D eigenvalue weighted by atomic mass is 16.6. The van der Waals surface area contributed by atoms with E-state index < -0.39 is 23.9 Å². The number of ketones is 1. The molecule has 0 radical (unpaired) electrons. The van der Waals surface area contributed by atoms with Crippen molar-refractivity contribution in [2.24, 2.45) is 17.8 Å². The van der Waals surface area contributed by atoms with Crippen molar-refractivity contribution in [2.45, 2.75) is 6.92 Å². The number of nitrogens with zero attached hydrogens (tertiary/aromatic N) is 1. The van der Waals surface area contributed by atoms with Crippen molar-refractivity contribution in [2.75, 3.05) is 19.7 Å². The zero-order chi connectivity index (χ0) is 17.3. The minimum Gasteiger partial charge on any atom is -0.466 e. The molecule has 0 spiro atoms. The Hall–Kier alpha value is -2.70.